The third kappa shape index (κ3) is 2.55. The van der Waals surface area contributed by atoms with E-state index in [-0.39, 0.29) is 4.90 Å². The van der Waals surface area contributed by atoms with Crippen LogP contribution in [0.1, 0.15) is 11.3 Å². The van der Waals surface area contributed by atoms with Crippen molar-refractivity contribution < 1.29 is 8.42 Å². The van der Waals surface area contributed by atoms with E-state index >= 15 is 0 Å². The van der Waals surface area contributed by atoms with Crippen LogP contribution in [0.5, 0.6) is 0 Å². The van der Waals surface area contributed by atoms with Gasteiger partial charge in [-0.3, -0.25) is 9.36 Å². The van der Waals surface area contributed by atoms with Gasteiger partial charge in [-0.2, -0.15) is 10.2 Å². The summed E-state index contributed by atoms with van der Waals surface area (Å²) in [5, 5.41) is 8.25. The first-order valence-electron chi connectivity index (χ1n) is 5.08. The van der Waals surface area contributed by atoms with Gasteiger partial charge < -0.3 is 0 Å². The SMILES string of the molecule is Cc1nn(C)cc1Cn1cc(S(C)(=O)=O)cn1. The van der Waals surface area contributed by atoms with E-state index < -0.39 is 9.84 Å². The highest BCUT2D eigenvalue weighted by Gasteiger charge is 2.11. The van der Waals surface area contributed by atoms with Crippen LogP contribution >= 0.6 is 0 Å². The number of sulfone groups is 1. The van der Waals surface area contributed by atoms with E-state index in [1.807, 2.05) is 20.2 Å². The smallest absolute Gasteiger partial charge is 0.178 e. The lowest BCUT2D eigenvalue weighted by atomic mass is 10.3. The topological polar surface area (TPSA) is 69.8 Å². The summed E-state index contributed by atoms with van der Waals surface area (Å²) in [6.07, 6.45) is 5.96. The Morgan fingerprint density at radius 3 is 2.53 bits per heavy atom. The number of rotatable bonds is 3. The van der Waals surface area contributed by atoms with Crippen LogP contribution < -0.4 is 0 Å². The molecule has 0 radical (unpaired) electrons. The Balaban J connectivity index is 2.26. The molecule has 0 saturated carbocycles. The second kappa shape index (κ2) is 3.99. The molecule has 17 heavy (non-hydrogen) atoms. The molecule has 6 nitrogen and oxygen atoms in total. The summed E-state index contributed by atoms with van der Waals surface area (Å²) >= 11 is 0. The zero-order chi connectivity index (χ0) is 12.6. The summed E-state index contributed by atoms with van der Waals surface area (Å²) < 4.78 is 25.9. The van der Waals surface area contributed by atoms with Gasteiger partial charge in [0.05, 0.1) is 18.4 Å². The fourth-order valence-electron chi connectivity index (χ4n) is 1.60. The Morgan fingerprint density at radius 2 is 2.06 bits per heavy atom. The molecule has 0 spiro atoms. The minimum Gasteiger partial charge on any atom is -0.275 e. The highest BCUT2D eigenvalue weighted by molar-refractivity contribution is 7.90. The summed E-state index contributed by atoms with van der Waals surface area (Å²) in [6.45, 7) is 2.44. The van der Waals surface area contributed by atoms with Crippen LogP contribution in [0.15, 0.2) is 23.5 Å². The highest BCUT2D eigenvalue weighted by atomic mass is 32.2. The average molecular weight is 254 g/mol. The van der Waals surface area contributed by atoms with Crippen LogP contribution in [-0.4, -0.2) is 34.2 Å². The van der Waals surface area contributed by atoms with Crippen LogP contribution in [0.25, 0.3) is 0 Å². The molecule has 0 aliphatic heterocycles. The summed E-state index contributed by atoms with van der Waals surface area (Å²) in [5.41, 5.74) is 1.94. The third-order valence-electron chi connectivity index (χ3n) is 2.49. The van der Waals surface area contributed by atoms with E-state index in [4.69, 9.17) is 0 Å². The number of hydrogen-bond donors (Lipinski definition) is 0. The van der Waals surface area contributed by atoms with Gasteiger partial charge in [-0.25, -0.2) is 8.42 Å². The van der Waals surface area contributed by atoms with Crippen molar-refractivity contribution in [1.29, 1.82) is 0 Å². The molecule has 0 atom stereocenters. The van der Waals surface area contributed by atoms with Gasteiger partial charge in [0.1, 0.15) is 4.90 Å². The Kier molecular flexibility index (Phi) is 2.78. The Morgan fingerprint density at radius 1 is 1.35 bits per heavy atom. The molecule has 0 aromatic carbocycles. The van der Waals surface area contributed by atoms with Crippen LogP contribution in [-0.2, 0) is 23.4 Å². The molecule has 0 N–H and O–H groups in total. The molecule has 7 heteroatoms. The van der Waals surface area contributed by atoms with E-state index in [1.54, 1.807) is 9.36 Å². The maximum Gasteiger partial charge on any atom is 0.178 e. The Bertz CT molecular complexity index is 639. The largest absolute Gasteiger partial charge is 0.275 e. The second-order valence-electron chi connectivity index (χ2n) is 4.06. The maximum atomic E-state index is 11.3. The highest BCUT2D eigenvalue weighted by Crippen LogP contribution is 2.10. The molecular formula is C10H14N4O2S. The van der Waals surface area contributed by atoms with Gasteiger partial charge in [-0.15, -0.1) is 0 Å². The molecule has 0 saturated heterocycles. The zero-order valence-corrected chi connectivity index (χ0v) is 10.8. The fraction of sp³-hybridized carbons (Fsp3) is 0.400. The predicted octanol–water partition coefficient (Wildman–Crippen LogP) is 0.377. The first kappa shape index (κ1) is 11.8. The van der Waals surface area contributed by atoms with E-state index in [0.29, 0.717) is 6.54 Å². The van der Waals surface area contributed by atoms with Crippen molar-refractivity contribution >= 4 is 9.84 Å². The van der Waals surface area contributed by atoms with E-state index in [9.17, 15) is 8.42 Å². The third-order valence-corrected chi connectivity index (χ3v) is 3.55. The number of aromatic nitrogens is 4. The Labute approximate surface area is 99.8 Å². The van der Waals surface area contributed by atoms with Crippen LogP contribution in [0.2, 0.25) is 0 Å². The van der Waals surface area contributed by atoms with E-state index in [2.05, 4.69) is 10.2 Å². The van der Waals surface area contributed by atoms with Crippen LogP contribution in [0.4, 0.5) is 0 Å². The molecule has 0 unspecified atom stereocenters. The van der Waals surface area contributed by atoms with Crippen molar-refractivity contribution in [2.45, 2.75) is 18.4 Å². The maximum absolute atomic E-state index is 11.3. The lowest BCUT2D eigenvalue weighted by molar-refractivity contribution is 0.601. The van der Waals surface area contributed by atoms with Crippen molar-refractivity contribution in [1.82, 2.24) is 19.6 Å². The zero-order valence-electron chi connectivity index (χ0n) is 9.95. The Hall–Kier alpha value is -1.63. The molecule has 0 aliphatic rings. The molecule has 2 rings (SSSR count). The molecule has 0 amide bonds. The molecule has 92 valence electrons. The van der Waals surface area contributed by atoms with E-state index in [0.717, 1.165) is 11.3 Å². The van der Waals surface area contributed by atoms with Gasteiger partial charge in [0.25, 0.3) is 0 Å². The van der Waals surface area contributed by atoms with E-state index in [1.165, 1.54) is 18.6 Å². The molecular weight excluding hydrogens is 240 g/mol. The van der Waals surface area contributed by atoms with Crippen molar-refractivity contribution in [3.8, 4) is 0 Å². The normalized spacial score (nSPS) is 11.9. The van der Waals surface area contributed by atoms with Gasteiger partial charge in [0.2, 0.25) is 0 Å². The monoisotopic (exact) mass is 254 g/mol. The minimum atomic E-state index is -3.18. The van der Waals surface area contributed by atoms with Crippen molar-refractivity contribution in [2.24, 2.45) is 7.05 Å². The average Bonchev–Trinajstić information content (AvgIpc) is 2.74. The van der Waals surface area contributed by atoms with Gasteiger partial charge in [0, 0.05) is 31.3 Å². The standard InChI is InChI=1S/C10H14N4O2S/c1-8-9(5-13(2)12-8)6-14-7-10(4-11-14)17(3,15)16/h4-5,7H,6H2,1-3H3. The van der Waals surface area contributed by atoms with Crippen molar-refractivity contribution in [2.75, 3.05) is 6.26 Å². The number of hydrogen-bond acceptors (Lipinski definition) is 4. The van der Waals surface area contributed by atoms with Gasteiger partial charge >= 0.3 is 0 Å². The van der Waals surface area contributed by atoms with Crippen LogP contribution in [0, 0.1) is 6.92 Å². The van der Waals surface area contributed by atoms with Crippen LogP contribution in [0.3, 0.4) is 0 Å². The molecule has 0 fully saturated rings. The van der Waals surface area contributed by atoms with Gasteiger partial charge in [-0.1, -0.05) is 0 Å². The molecule has 0 bridgehead atoms. The number of nitrogens with zero attached hydrogens (tertiary/aromatic N) is 4. The minimum absolute atomic E-state index is 0.235. The first-order valence-corrected chi connectivity index (χ1v) is 6.97. The van der Waals surface area contributed by atoms with Gasteiger partial charge in [0.15, 0.2) is 9.84 Å². The molecule has 2 heterocycles. The lowest BCUT2D eigenvalue weighted by Crippen LogP contribution is -2.01. The van der Waals surface area contributed by atoms with Crippen molar-refractivity contribution in [3.63, 3.8) is 0 Å². The summed E-state index contributed by atoms with van der Waals surface area (Å²) in [5.74, 6) is 0. The second-order valence-corrected chi connectivity index (χ2v) is 6.07. The van der Waals surface area contributed by atoms with Crippen molar-refractivity contribution in [3.05, 3.63) is 29.8 Å². The summed E-state index contributed by atoms with van der Waals surface area (Å²) in [6, 6.07) is 0. The summed E-state index contributed by atoms with van der Waals surface area (Å²) in [7, 11) is -1.33. The fourth-order valence-corrected chi connectivity index (χ4v) is 2.15. The van der Waals surface area contributed by atoms with Gasteiger partial charge in [-0.05, 0) is 6.92 Å². The predicted molar refractivity (Wildman–Crippen MR) is 62.4 cm³/mol. The first-order chi connectivity index (χ1) is 7.86. The summed E-state index contributed by atoms with van der Waals surface area (Å²) in [4.78, 5) is 0.235. The number of aryl methyl sites for hydroxylation is 2. The molecule has 2 aromatic rings. The quantitative estimate of drug-likeness (QED) is 0.794. The molecule has 0 aliphatic carbocycles. The molecule has 2 aromatic heterocycles. The lowest BCUT2D eigenvalue weighted by Gasteiger charge is -1.98.